The Bertz CT molecular complexity index is 553. The number of rotatable bonds is 3. The van der Waals surface area contributed by atoms with Gasteiger partial charge in [0.05, 0.1) is 17.9 Å². The van der Waals surface area contributed by atoms with Crippen LogP contribution in [0.4, 0.5) is 17.6 Å². The number of hydrogen-bond acceptors (Lipinski definition) is 1. The fourth-order valence-electron chi connectivity index (χ4n) is 1.64. The van der Waals surface area contributed by atoms with E-state index in [0.717, 1.165) is 10.6 Å². The van der Waals surface area contributed by atoms with Crippen LogP contribution in [-0.4, -0.2) is 16.0 Å². The lowest BCUT2D eigenvalue weighted by atomic mass is 10.3. The summed E-state index contributed by atoms with van der Waals surface area (Å²) in [4.78, 5) is 3.88. The Morgan fingerprint density at radius 3 is 2.59 bits per heavy atom. The van der Waals surface area contributed by atoms with E-state index in [1.807, 2.05) is 0 Å². The van der Waals surface area contributed by atoms with Gasteiger partial charge in [0.15, 0.2) is 11.6 Å². The monoisotopic (exact) mass is 266 g/mol. The Kier molecular flexibility index (Phi) is 3.24. The van der Waals surface area contributed by atoms with Crippen LogP contribution in [0.15, 0.2) is 12.1 Å². The zero-order valence-electron chi connectivity index (χ0n) is 8.43. The maximum absolute atomic E-state index is 13.5. The predicted octanol–water partition coefficient (Wildman–Crippen LogP) is 3.32. The molecule has 2 rings (SSSR count). The lowest BCUT2D eigenvalue weighted by molar-refractivity contribution is 0.127. The van der Waals surface area contributed by atoms with E-state index >= 15 is 0 Å². The van der Waals surface area contributed by atoms with Crippen molar-refractivity contribution in [3.63, 3.8) is 0 Å². The first kappa shape index (κ1) is 12.2. The molecule has 0 aliphatic carbocycles. The first-order valence-corrected chi connectivity index (χ1v) is 5.25. The second-order valence-electron chi connectivity index (χ2n) is 3.39. The summed E-state index contributed by atoms with van der Waals surface area (Å²) in [5.41, 5.74) is -0.166. The third-order valence-corrected chi connectivity index (χ3v) is 2.56. The number of fused-ring (bicyclic) bond motifs is 1. The molecule has 17 heavy (non-hydrogen) atoms. The predicted molar refractivity (Wildman–Crippen MR) is 55.2 cm³/mol. The number of nitrogens with zero attached hydrogens (tertiary/aromatic N) is 2. The molecule has 0 atom stereocenters. The first-order valence-electron chi connectivity index (χ1n) is 4.71. The highest BCUT2D eigenvalue weighted by atomic mass is 35.5. The molecule has 0 aliphatic heterocycles. The van der Waals surface area contributed by atoms with Gasteiger partial charge in [-0.1, -0.05) is 0 Å². The van der Waals surface area contributed by atoms with E-state index in [1.165, 1.54) is 6.07 Å². The third-order valence-electron chi connectivity index (χ3n) is 2.32. The fraction of sp³-hybridized carbons (Fsp3) is 0.300. The summed E-state index contributed by atoms with van der Waals surface area (Å²) >= 11 is 5.53. The summed E-state index contributed by atoms with van der Waals surface area (Å²) in [6.07, 6.45) is -2.70. The van der Waals surface area contributed by atoms with Gasteiger partial charge in [-0.25, -0.2) is 22.5 Å². The van der Waals surface area contributed by atoms with Gasteiger partial charge >= 0.3 is 0 Å². The van der Waals surface area contributed by atoms with Crippen molar-refractivity contribution in [2.45, 2.75) is 18.9 Å². The van der Waals surface area contributed by atoms with E-state index in [-0.39, 0.29) is 22.7 Å². The Hall–Kier alpha value is -1.30. The second-order valence-corrected chi connectivity index (χ2v) is 3.66. The van der Waals surface area contributed by atoms with E-state index in [1.54, 1.807) is 0 Å². The molecule has 1 heterocycles. The van der Waals surface area contributed by atoms with Crippen molar-refractivity contribution < 1.29 is 17.6 Å². The summed E-state index contributed by atoms with van der Waals surface area (Å²) in [5, 5.41) is 0. The Morgan fingerprint density at radius 2 is 2.00 bits per heavy atom. The summed E-state index contributed by atoms with van der Waals surface area (Å²) < 4.78 is 52.2. The zero-order chi connectivity index (χ0) is 12.6. The van der Waals surface area contributed by atoms with Gasteiger partial charge < -0.3 is 4.57 Å². The number of aromatic nitrogens is 2. The topological polar surface area (TPSA) is 17.8 Å². The number of alkyl halides is 3. The summed E-state index contributed by atoms with van der Waals surface area (Å²) in [6.45, 7) is -0.765. The standard InChI is InChI=1S/C10H7ClF4N2/c11-3-8-16-6-2-1-5(12)9(15)10(6)17(8)4-7(13)14/h1-2,7H,3-4H2. The molecule has 0 spiro atoms. The first-order chi connectivity index (χ1) is 8.04. The van der Waals surface area contributed by atoms with Gasteiger partial charge in [0.25, 0.3) is 6.43 Å². The minimum absolute atomic E-state index is 0.0893. The van der Waals surface area contributed by atoms with Crippen LogP contribution in [0.1, 0.15) is 5.82 Å². The molecule has 0 saturated carbocycles. The van der Waals surface area contributed by atoms with Crippen molar-refractivity contribution in [3.05, 3.63) is 29.6 Å². The average Bonchev–Trinajstić information content (AvgIpc) is 2.62. The van der Waals surface area contributed by atoms with Gasteiger partial charge in [-0.05, 0) is 12.1 Å². The summed E-state index contributed by atoms with van der Waals surface area (Å²) in [5.74, 6) is -2.35. The summed E-state index contributed by atoms with van der Waals surface area (Å²) in [6, 6.07) is 2.13. The van der Waals surface area contributed by atoms with Gasteiger partial charge in [-0.3, -0.25) is 0 Å². The molecule has 2 nitrogen and oxygen atoms in total. The number of hydrogen-bond donors (Lipinski definition) is 0. The minimum Gasteiger partial charge on any atom is -0.319 e. The van der Waals surface area contributed by atoms with Crippen molar-refractivity contribution in [2.75, 3.05) is 0 Å². The van der Waals surface area contributed by atoms with Gasteiger partial charge in [0, 0.05) is 0 Å². The molecule has 0 amide bonds. The third kappa shape index (κ3) is 2.09. The van der Waals surface area contributed by atoms with Gasteiger partial charge in [0.1, 0.15) is 11.3 Å². The molecule has 0 N–H and O–H groups in total. The molecular formula is C10H7ClF4N2. The quantitative estimate of drug-likeness (QED) is 0.616. The normalized spacial score (nSPS) is 11.6. The van der Waals surface area contributed by atoms with E-state index in [4.69, 9.17) is 11.6 Å². The zero-order valence-corrected chi connectivity index (χ0v) is 9.19. The Morgan fingerprint density at radius 1 is 1.29 bits per heavy atom. The van der Waals surface area contributed by atoms with Crippen LogP contribution in [0.2, 0.25) is 0 Å². The van der Waals surface area contributed by atoms with Crippen LogP contribution in [-0.2, 0) is 12.4 Å². The molecule has 0 saturated heterocycles. The SMILES string of the molecule is Fc1ccc2nc(CCl)n(CC(F)F)c2c1F. The molecular weight excluding hydrogens is 260 g/mol. The van der Waals surface area contributed by atoms with Gasteiger partial charge in [-0.15, -0.1) is 11.6 Å². The van der Waals surface area contributed by atoms with Crippen molar-refractivity contribution in [1.29, 1.82) is 0 Å². The Balaban J connectivity index is 2.71. The highest BCUT2D eigenvalue weighted by Crippen LogP contribution is 2.23. The van der Waals surface area contributed by atoms with E-state index in [9.17, 15) is 17.6 Å². The van der Waals surface area contributed by atoms with Crippen molar-refractivity contribution >= 4 is 22.6 Å². The molecule has 7 heteroatoms. The lowest BCUT2D eigenvalue weighted by Crippen LogP contribution is -2.10. The lowest BCUT2D eigenvalue weighted by Gasteiger charge is -2.07. The molecule has 0 fully saturated rings. The van der Waals surface area contributed by atoms with Crippen LogP contribution >= 0.6 is 11.6 Å². The van der Waals surface area contributed by atoms with E-state index in [2.05, 4.69) is 4.98 Å². The van der Waals surface area contributed by atoms with Crippen LogP contribution in [0.25, 0.3) is 11.0 Å². The van der Waals surface area contributed by atoms with Crippen LogP contribution in [0.3, 0.4) is 0 Å². The molecule has 92 valence electrons. The average molecular weight is 267 g/mol. The second kappa shape index (κ2) is 4.52. The fourth-order valence-corrected chi connectivity index (χ4v) is 1.85. The minimum atomic E-state index is -2.70. The number of halogens is 5. The Labute approximate surface area is 98.8 Å². The molecule has 2 aromatic rings. The molecule has 0 aliphatic rings. The van der Waals surface area contributed by atoms with Crippen LogP contribution in [0, 0.1) is 11.6 Å². The van der Waals surface area contributed by atoms with E-state index in [0.29, 0.717) is 0 Å². The number of benzene rings is 1. The van der Waals surface area contributed by atoms with Crippen LogP contribution < -0.4 is 0 Å². The largest absolute Gasteiger partial charge is 0.319 e. The van der Waals surface area contributed by atoms with Crippen molar-refractivity contribution in [2.24, 2.45) is 0 Å². The highest BCUT2D eigenvalue weighted by Gasteiger charge is 2.19. The summed E-state index contributed by atoms with van der Waals surface area (Å²) in [7, 11) is 0. The molecule has 0 radical (unpaired) electrons. The van der Waals surface area contributed by atoms with Crippen molar-refractivity contribution in [3.8, 4) is 0 Å². The smallest absolute Gasteiger partial charge is 0.256 e. The maximum Gasteiger partial charge on any atom is 0.256 e. The number of imidazole rings is 1. The molecule has 1 aromatic heterocycles. The molecule has 1 aromatic carbocycles. The van der Waals surface area contributed by atoms with Gasteiger partial charge in [-0.2, -0.15) is 0 Å². The molecule has 0 unspecified atom stereocenters. The van der Waals surface area contributed by atoms with Gasteiger partial charge in [0.2, 0.25) is 0 Å². The van der Waals surface area contributed by atoms with E-state index < -0.39 is 24.6 Å². The van der Waals surface area contributed by atoms with Crippen molar-refractivity contribution in [1.82, 2.24) is 9.55 Å². The maximum atomic E-state index is 13.5. The molecule has 0 bridgehead atoms. The van der Waals surface area contributed by atoms with Crippen LogP contribution in [0.5, 0.6) is 0 Å². The highest BCUT2D eigenvalue weighted by molar-refractivity contribution is 6.16.